The Morgan fingerprint density at radius 1 is 1.28 bits per heavy atom. The topological polar surface area (TPSA) is 55.1 Å². The van der Waals surface area contributed by atoms with E-state index >= 15 is 0 Å². The molecule has 0 spiro atoms. The van der Waals surface area contributed by atoms with E-state index in [9.17, 15) is 4.79 Å². The summed E-state index contributed by atoms with van der Waals surface area (Å²) in [7, 11) is 0. The summed E-state index contributed by atoms with van der Waals surface area (Å²) in [6.07, 6.45) is 5.55. The molecule has 3 N–H and O–H groups in total. The van der Waals surface area contributed by atoms with Gasteiger partial charge in [0.1, 0.15) is 0 Å². The predicted molar refractivity (Wildman–Crippen MR) is 75.4 cm³/mol. The molecule has 3 heteroatoms. The van der Waals surface area contributed by atoms with Crippen molar-refractivity contribution in [3.05, 3.63) is 23.8 Å². The summed E-state index contributed by atoms with van der Waals surface area (Å²) in [5, 5.41) is 3.05. The highest BCUT2D eigenvalue weighted by Gasteiger charge is 2.34. The van der Waals surface area contributed by atoms with Gasteiger partial charge >= 0.3 is 0 Å². The fourth-order valence-corrected chi connectivity index (χ4v) is 2.66. The SMILES string of the molecule is Cc1cc(N)ccc1NC(=O)C1(C)CCCCC1. The molecular formula is C15H22N2O. The van der Waals surface area contributed by atoms with Crippen LogP contribution in [0.15, 0.2) is 18.2 Å². The highest BCUT2D eigenvalue weighted by atomic mass is 16.2. The molecule has 0 radical (unpaired) electrons. The molecular weight excluding hydrogens is 224 g/mol. The molecule has 1 aliphatic carbocycles. The number of hydrogen-bond donors (Lipinski definition) is 2. The van der Waals surface area contributed by atoms with Gasteiger partial charge in [-0.25, -0.2) is 0 Å². The van der Waals surface area contributed by atoms with Gasteiger partial charge in [0.25, 0.3) is 0 Å². The first kappa shape index (κ1) is 12.9. The Hall–Kier alpha value is -1.51. The standard InChI is InChI=1S/C15H22N2O/c1-11-10-12(16)6-7-13(11)17-14(18)15(2)8-4-3-5-9-15/h6-7,10H,3-5,8-9,16H2,1-2H3,(H,17,18). The minimum atomic E-state index is -0.202. The number of carbonyl (C=O) groups excluding carboxylic acids is 1. The molecule has 1 aliphatic rings. The van der Waals surface area contributed by atoms with Gasteiger partial charge in [0, 0.05) is 16.8 Å². The summed E-state index contributed by atoms with van der Waals surface area (Å²) in [5.74, 6) is 0.148. The van der Waals surface area contributed by atoms with Crippen LogP contribution in [-0.4, -0.2) is 5.91 Å². The van der Waals surface area contributed by atoms with Crippen molar-refractivity contribution in [2.75, 3.05) is 11.1 Å². The molecule has 18 heavy (non-hydrogen) atoms. The second kappa shape index (κ2) is 5.01. The third-order valence-electron chi connectivity index (χ3n) is 4.00. The monoisotopic (exact) mass is 246 g/mol. The zero-order chi connectivity index (χ0) is 13.2. The van der Waals surface area contributed by atoms with E-state index in [0.29, 0.717) is 0 Å². The minimum absolute atomic E-state index is 0.148. The van der Waals surface area contributed by atoms with Crippen LogP contribution in [0.25, 0.3) is 0 Å². The third kappa shape index (κ3) is 2.66. The number of nitrogen functional groups attached to an aromatic ring is 1. The van der Waals surface area contributed by atoms with Gasteiger partial charge in [-0.3, -0.25) is 4.79 Å². The lowest BCUT2D eigenvalue weighted by Gasteiger charge is -2.32. The molecule has 98 valence electrons. The second-order valence-corrected chi connectivity index (χ2v) is 5.65. The van der Waals surface area contributed by atoms with E-state index in [4.69, 9.17) is 5.73 Å². The molecule has 0 saturated heterocycles. The maximum atomic E-state index is 12.4. The first-order chi connectivity index (χ1) is 8.51. The number of hydrogen-bond acceptors (Lipinski definition) is 2. The van der Waals surface area contributed by atoms with Gasteiger partial charge < -0.3 is 11.1 Å². The largest absolute Gasteiger partial charge is 0.399 e. The fraction of sp³-hybridized carbons (Fsp3) is 0.533. The van der Waals surface area contributed by atoms with Crippen LogP contribution in [0.1, 0.15) is 44.6 Å². The second-order valence-electron chi connectivity index (χ2n) is 5.65. The van der Waals surface area contributed by atoms with Gasteiger partial charge in [-0.2, -0.15) is 0 Å². The number of amides is 1. The third-order valence-corrected chi connectivity index (χ3v) is 4.00. The van der Waals surface area contributed by atoms with E-state index < -0.39 is 0 Å². The lowest BCUT2D eigenvalue weighted by Crippen LogP contribution is -2.35. The van der Waals surface area contributed by atoms with Crippen LogP contribution < -0.4 is 11.1 Å². The van der Waals surface area contributed by atoms with Crippen molar-refractivity contribution < 1.29 is 4.79 Å². The summed E-state index contributed by atoms with van der Waals surface area (Å²) in [5.41, 5.74) is 8.14. The van der Waals surface area contributed by atoms with Crippen molar-refractivity contribution in [1.82, 2.24) is 0 Å². The average Bonchev–Trinajstić information content (AvgIpc) is 2.33. The van der Waals surface area contributed by atoms with Crippen LogP contribution in [-0.2, 0) is 4.79 Å². The molecule has 2 rings (SSSR count). The van der Waals surface area contributed by atoms with Crippen LogP contribution in [0.2, 0.25) is 0 Å². The van der Waals surface area contributed by atoms with Crippen molar-refractivity contribution in [3.8, 4) is 0 Å². The minimum Gasteiger partial charge on any atom is -0.399 e. The Morgan fingerprint density at radius 2 is 1.94 bits per heavy atom. The Bertz CT molecular complexity index is 448. The number of carbonyl (C=O) groups is 1. The van der Waals surface area contributed by atoms with Gasteiger partial charge in [-0.1, -0.05) is 26.2 Å². The number of anilines is 2. The van der Waals surface area contributed by atoms with Crippen LogP contribution >= 0.6 is 0 Å². The number of benzene rings is 1. The highest BCUT2D eigenvalue weighted by Crippen LogP contribution is 2.37. The number of nitrogens with one attached hydrogen (secondary N) is 1. The van der Waals surface area contributed by atoms with Crippen molar-refractivity contribution in [2.45, 2.75) is 46.0 Å². The molecule has 0 aromatic heterocycles. The van der Waals surface area contributed by atoms with E-state index in [2.05, 4.69) is 12.2 Å². The molecule has 1 saturated carbocycles. The van der Waals surface area contributed by atoms with Crippen LogP contribution in [0.5, 0.6) is 0 Å². The maximum absolute atomic E-state index is 12.4. The quantitative estimate of drug-likeness (QED) is 0.785. The molecule has 1 fully saturated rings. The lowest BCUT2D eigenvalue weighted by molar-refractivity contribution is -0.126. The maximum Gasteiger partial charge on any atom is 0.230 e. The van der Waals surface area contributed by atoms with Crippen LogP contribution in [0, 0.1) is 12.3 Å². The molecule has 0 atom stereocenters. The summed E-state index contributed by atoms with van der Waals surface area (Å²) >= 11 is 0. The molecule has 0 aliphatic heterocycles. The van der Waals surface area contributed by atoms with Crippen LogP contribution in [0.3, 0.4) is 0 Å². The summed E-state index contributed by atoms with van der Waals surface area (Å²) in [6, 6.07) is 5.60. The smallest absolute Gasteiger partial charge is 0.230 e. The van der Waals surface area contributed by atoms with E-state index in [1.165, 1.54) is 6.42 Å². The van der Waals surface area contributed by atoms with Gasteiger partial charge in [-0.05, 0) is 43.5 Å². The van der Waals surface area contributed by atoms with E-state index in [-0.39, 0.29) is 11.3 Å². The molecule has 0 bridgehead atoms. The normalized spacial score (nSPS) is 18.3. The average molecular weight is 246 g/mol. The Morgan fingerprint density at radius 3 is 2.56 bits per heavy atom. The van der Waals surface area contributed by atoms with E-state index in [0.717, 1.165) is 42.6 Å². The van der Waals surface area contributed by atoms with Crippen LogP contribution in [0.4, 0.5) is 11.4 Å². The predicted octanol–water partition coefficient (Wildman–Crippen LogP) is 3.49. The first-order valence-electron chi connectivity index (χ1n) is 6.69. The molecule has 1 aromatic rings. The Kier molecular flexibility index (Phi) is 3.60. The van der Waals surface area contributed by atoms with Gasteiger partial charge in [0.2, 0.25) is 5.91 Å². The Labute approximate surface area is 109 Å². The zero-order valence-corrected chi connectivity index (χ0v) is 11.3. The highest BCUT2D eigenvalue weighted by molar-refractivity contribution is 5.95. The van der Waals surface area contributed by atoms with E-state index in [1.807, 2.05) is 25.1 Å². The fourth-order valence-electron chi connectivity index (χ4n) is 2.66. The number of nitrogens with two attached hydrogens (primary N) is 1. The van der Waals surface area contributed by atoms with Gasteiger partial charge in [-0.15, -0.1) is 0 Å². The van der Waals surface area contributed by atoms with Crippen molar-refractivity contribution in [1.29, 1.82) is 0 Å². The van der Waals surface area contributed by atoms with Crippen molar-refractivity contribution >= 4 is 17.3 Å². The molecule has 1 aromatic carbocycles. The first-order valence-corrected chi connectivity index (χ1v) is 6.69. The van der Waals surface area contributed by atoms with Gasteiger partial charge in [0.05, 0.1) is 0 Å². The Balaban J connectivity index is 2.11. The summed E-state index contributed by atoms with van der Waals surface area (Å²) in [6.45, 7) is 4.04. The summed E-state index contributed by atoms with van der Waals surface area (Å²) in [4.78, 5) is 12.4. The molecule has 0 heterocycles. The van der Waals surface area contributed by atoms with Crippen molar-refractivity contribution in [2.24, 2.45) is 5.41 Å². The lowest BCUT2D eigenvalue weighted by atomic mass is 9.75. The molecule has 1 amide bonds. The number of rotatable bonds is 2. The van der Waals surface area contributed by atoms with Crippen molar-refractivity contribution in [3.63, 3.8) is 0 Å². The van der Waals surface area contributed by atoms with Gasteiger partial charge in [0.15, 0.2) is 0 Å². The number of aryl methyl sites for hydroxylation is 1. The zero-order valence-electron chi connectivity index (χ0n) is 11.3. The summed E-state index contributed by atoms with van der Waals surface area (Å²) < 4.78 is 0. The molecule has 3 nitrogen and oxygen atoms in total. The van der Waals surface area contributed by atoms with E-state index in [1.54, 1.807) is 0 Å². The molecule has 0 unspecified atom stereocenters.